The van der Waals surface area contributed by atoms with E-state index in [1.54, 1.807) is 0 Å². The van der Waals surface area contributed by atoms with Crippen LogP contribution in [0.1, 0.15) is 0 Å². The first kappa shape index (κ1) is 15.8. The van der Waals surface area contributed by atoms with Crippen molar-refractivity contribution in [2.45, 2.75) is 0 Å². The number of hydrogen-bond acceptors (Lipinski definition) is 2. The summed E-state index contributed by atoms with van der Waals surface area (Å²) in [5.74, 6) is 0. The maximum absolute atomic E-state index is 8.25. The van der Waals surface area contributed by atoms with Crippen LogP contribution in [0.2, 0.25) is 0 Å². The Kier molecular flexibility index (Phi) is 102. The maximum atomic E-state index is 8.25. The minimum Gasteiger partial charge on any atom is -0.857 e. The van der Waals surface area contributed by atoms with Crippen LogP contribution in [0.15, 0.2) is 0 Å². The normalized spacial score (nSPS) is 4.00. The van der Waals surface area contributed by atoms with Crippen LogP contribution in [-0.2, 0) is 0 Å². The van der Waals surface area contributed by atoms with Crippen LogP contribution in [0, 0.1) is 0 Å². The summed E-state index contributed by atoms with van der Waals surface area (Å²) in [6.07, 6.45) is 0. The molecule has 0 aromatic rings. The molecule has 0 aliphatic carbocycles. The van der Waals surface area contributed by atoms with Gasteiger partial charge in [-0.05, 0) is 14.1 Å². The Morgan fingerprint density at radius 3 is 1.17 bits per heavy atom. The third-order valence-corrected chi connectivity index (χ3v) is 0. The van der Waals surface area contributed by atoms with E-state index in [1.165, 1.54) is 0 Å². The van der Waals surface area contributed by atoms with E-state index < -0.39 is 0 Å². The molecule has 0 aromatic carbocycles. The van der Waals surface area contributed by atoms with Crippen LogP contribution in [-0.4, -0.2) is 21.2 Å². The van der Waals surface area contributed by atoms with Crippen LogP contribution in [0.5, 0.6) is 0 Å². The summed E-state index contributed by atoms with van der Waals surface area (Å²) in [6.45, 7) is 0. The fourth-order valence-electron chi connectivity index (χ4n) is 0. The molecule has 1 N–H and O–H groups in total. The first-order chi connectivity index (χ1) is 2.41. The fourth-order valence-corrected chi connectivity index (χ4v) is 0. The Bertz CT molecular complexity index is 10.8. The van der Waals surface area contributed by atoms with Gasteiger partial charge >= 0.3 is 29.6 Å². The van der Waals surface area contributed by atoms with Gasteiger partial charge in [-0.3, -0.25) is 0 Å². The molecule has 3 heteroatoms. The van der Waals surface area contributed by atoms with E-state index in [0.29, 0.717) is 0 Å². The Morgan fingerprint density at radius 2 is 1.17 bits per heavy atom. The molecule has 0 unspecified atom stereocenters. The smallest absolute Gasteiger partial charge is 0.857 e. The van der Waals surface area contributed by atoms with Crippen LogP contribution < -0.4 is 40.0 Å². The zero-order valence-corrected chi connectivity index (χ0v) is 6.91. The van der Waals surface area contributed by atoms with Gasteiger partial charge in [0.2, 0.25) is 0 Å². The Labute approximate surface area is 61.2 Å². The molecule has 0 radical (unpaired) electrons. The van der Waals surface area contributed by atoms with Crippen molar-refractivity contribution >= 4 is 0 Å². The zero-order valence-electron chi connectivity index (χ0n) is 4.91. The molecule has 34 valence electrons. The summed E-state index contributed by atoms with van der Waals surface area (Å²) in [4.78, 5) is 0. The largest absolute Gasteiger partial charge is 1.00 e. The average Bonchev–Trinajstić information content (AvgIpc) is 1.46. The van der Waals surface area contributed by atoms with Gasteiger partial charge in [-0.2, -0.15) is 7.11 Å². The number of rotatable bonds is 0. The van der Waals surface area contributed by atoms with E-state index >= 15 is 0 Å². The standard InChI is InChI=1S/C2H7N.CH3O.Na/c1-3-2;1-2;/h3H,1-2H3;1H3;/q;-1;+1. The Morgan fingerprint density at radius 1 is 1.17 bits per heavy atom. The predicted octanol–water partition coefficient (Wildman–Crippen LogP) is -4.18. The molecule has 0 spiro atoms. The van der Waals surface area contributed by atoms with Crippen molar-refractivity contribution in [1.29, 1.82) is 0 Å². The first-order valence-electron chi connectivity index (χ1n) is 1.41. The van der Waals surface area contributed by atoms with Gasteiger partial charge in [-0.25, -0.2) is 0 Å². The molecule has 0 heterocycles. The predicted molar refractivity (Wildman–Crippen MR) is 20.9 cm³/mol. The third kappa shape index (κ3) is 89.3. The van der Waals surface area contributed by atoms with E-state index in [1.807, 2.05) is 14.1 Å². The Hall–Kier alpha value is 0.920. The summed E-state index contributed by atoms with van der Waals surface area (Å²) in [7, 11) is 4.50. The molecule has 0 bridgehead atoms. The van der Waals surface area contributed by atoms with Gasteiger partial charge < -0.3 is 10.4 Å². The van der Waals surface area contributed by atoms with Crippen molar-refractivity contribution in [3.63, 3.8) is 0 Å². The summed E-state index contributed by atoms with van der Waals surface area (Å²) in [6, 6.07) is 0. The molecule has 0 saturated carbocycles. The molecule has 0 fully saturated rings. The van der Waals surface area contributed by atoms with Gasteiger partial charge in [0.05, 0.1) is 0 Å². The summed E-state index contributed by atoms with van der Waals surface area (Å²) in [5, 5.41) is 11.0. The van der Waals surface area contributed by atoms with Gasteiger partial charge in [0.1, 0.15) is 0 Å². The molecule has 0 rings (SSSR count). The zero-order chi connectivity index (χ0) is 4.71. The van der Waals surface area contributed by atoms with Crippen molar-refractivity contribution < 1.29 is 34.7 Å². The van der Waals surface area contributed by atoms with Gasteiger partial charge in [0.25, 0.3) is 0 Å². The van der Waals surface area contributed by atoms with Crippen molar-refractivity contribution in [1.82, 2.24) is 5.32 Å². The topological polar surface area (TPSA) is 35.1 Å². The van der Waals surface area contributed by atoms with Gasteiger partial charge in [0, 0.05) is 0 Å². The maximum Gasteiger partial charge on any atom is 1.00 e. The van der Waals surface area contributed by atoms with Crippen LogP contribution in [0.25, 0.3) is 0 Å². The molecule has 0 saturated heterocycles. The van der Waals surface area contributed by atoms with Crippen molar-refractivity contribution in [2.75, 3.05) is 21.2 Å². The quantitative estimate of drug-likeness (QED) is 0.313. The van der Waals surface area contributed by atoms with Crippen molar-refractivity contribution in [3.8, 4) is 0 Å². The molecular weight excluding hydrogens is 89.0 g/mol. The Balaban J connectivity index is -0.0000000275. The summed E-state index contributed by atoms with van der Waals surface area (Å²) in [5.41, 5.74) is 0. The van der Waals surface area contributed by atoms with Gasteiger partial charge in [-0.15, -0.1) is 0 Å². The second-order valence-corrected chi connectivity index (χ2v) is 0.500. The molecular formula is C3H10NNaO. The van der Waals surface area contributed by atoms with Gasteiger partial charge in [0.15, 0.2) is 0 Å². The van der Waals surface area contributed by atoms with Gasteiger partial charge in [-0.1, -0.05) is 0 Å². The minimum atomic E-state index is 0. The number of nitrogens with one attached hydrogen (secondary N) is 1. The molecule has 0 aliphatic rings. The minimum absolute atomic E-state index is 0. The summed E-state index contributed by atoms with van der Waals surface area (Å²) < 4.78 is 0. The second kappa shape index (κ2) is 38.9. The molecule has 6 heavy (non-hydrogen) atoms. The van der Waals surface area contributed by atoms with Crippen LogP contribution >= 0.6 is 0 Å². The number of hydrogen-bond donors (Lipinski definition) is 1. The van der Waals surface area contributed by atoms with Crippen molar-refractivity contribution in [3.05, 3.63) is 0 Å². The first-order valence-corrected chi connectivity index (χ1v) is 1.41. The molecule has 0 atom stereocenters. The van der Waals surface area contributed by atoms with E-state index in [0.717, 1.165) is 7.11 Å². The summed E-state index contributed by atoms with van der Waals surface area (Å²) >= 11 is 0. The van der Waals surface area contributed by atoms with E-state index in [4.69, 9.17) is 5.11 Å². The molecule has 0 amide bonds. The fraction of sp³-hybridized carbons (Fsp3) is 1.00. The molecule has 0 aromatic heterocycles. The average molecular weight is 99.1 g/mol. The molecule has 2 nitrogen and oxygen atoms in total. The SMILES string of the molecule is CNC.C[O-].[Na+]. The third-order valence-electron chi connectivity index (χ3n) is 0. The van der Waals surface area contributed by atoms with E-state index in [2.05, 4.69) is 5.32 Å². The van der Waals surface area contributed by atoms with Crippen LogP contribution in [0.3, 0.4) is 0 Å². The van der Waals surface area contributed by atoms with Crippen molar-refractivity contribution in [2.24, 2.45) is 0 Å². The van der Waals surface area contributed by atoms with E-state index in [9.17, 15) is 0 Å². The molecule has 0 aliphatic heterocycles. The monoisotopic (exact) mass is 99.1 g/mol. The second-order valence-electron chi connectivity index (χ2n) is 0.500. The van der Waals surface area contributed by atoms with Crippen LogP contribution in [0.4, 0.5) is 0 Å². The van der Waals surface area contributed by atoms with E-state index in [-0.39, 0.29) is 29.6 Å².